The Morgan fingerprint density at radius 1 is 1.14 bits per heavy atom. The normalized spacial score (nSPS) is 31.9. The van der Waals surface area contributed by atoms with Gasteiger partial charge in [-0.2, -0.15) is 0 Å². The zero-order valence-corrected chi connectivity index (χ0v) is 10.1. The summed E-state index contributed by atoms with van der Waals surface area (Å²) in [5.74, 6) is 1.95. The summed E-state index contributed by atoms with van der Waals surface area (Å²) in [6.07, 6.45) is 4.05. The van der Waals surface area contributed by atoms with E-state index in [0.717, 1.165) is 11.8 Å². The minimum Gasteiger partial charge on any atom is -0.316 e. The lowest BCUT2D eigenvalue weighted by Gasteiger charge is -2.31. The Labute approximate surface area is 89.1 Å². The van der Waals surface area contributed by atoms with Crippen molar-refractivity contribution in [1.82, 2.24) is 10.2 Å². The van der Waals surface area contributed by atoms with E-state index in [0.29, 0.717) is 0 Å². The Balaban J connectivity index is 0.000000213. The Hall–Kier alpha value is -0.0800. The van der Waals surface area contributed by atoms with Crippen LogP contribution in [0.2, 0.25) is 0 Å². The number of hydrogen-bond acceptors (Lipinski definition) is 2. The van der Waals surface area contributed by atoms with E-state index in [4.69, 9.17) is 0 Å². The third-order valence-corrected chi connectivity index (χ3v) is 3.41. The molecule has 2 rings (SSSR count). The van der Waals surface area contributed by atoms with Crippen molar-refractivity contribution in [3.05, 3.63) is 0 Å². The monoisotopic (exact) mass is 198 g/mol. The molecule has 0 saturated carbocycles. The Morgan fingerprint density at radius 2 is 1.79 bits per heavy atom. The first-order chi connectivity index (χ1) is 6.77. The van der Waals surface area contributed by atoms with Gasteiger partial charge in [-0.3, -0.25) is 0 Å². The molecule has 0 aromatic rings. The fourth-order valence-electron chi connectivity index (χ4n) is 2.22. The van der Waals surface area contributed by atoms with E-state index in [-0.39, 0.29) is 0 Å². The molecule has 0 spiro atoms. The molecule has 2 aliphatic heterocycles. The Bertz CT molecular complexity index is 145. The fraction of sp³-hybridized carbons (Fsp3) is 1.00. The van der Waals surface area contributed by atoms with Gasteiger partial charge in [0.2, 0.25) is 0 Å². The van der Waals surface area contributed by atoms with E-state index in [1.165, 1.54) is 45.4 Å². The van der Waals surface area contributed by atoms with Crippen LogP contribution < -0.4 is 5.32 Å². The number of unbranched alkanes of at least 4 members (excludes halogenated alkanes) is 1. The lowest BCUT2D eigenvalue weighted by Crippen LogP contribution is -2.37. The highest BCUT2D eigenvalue weighted by atomic mass is 15.1. The van der Waals surface area contributed by atoms with Gasteiger partial charge in [-0.1, -0.05) is 26.7 Å². The van der Waals surface area contributed by atoms with Crippen molar-refractivity contribution in [3.63, 3.8) is 0 Å². The summed E-state index contributed by atoms with van der Waals surface area (Å²) in [7, 11) is 2.23. The summed E-state index contributed by atoms with van der Waals surface area (Å²) in [5, 5.41) is 3.46. The largest absolute Gasteiger partial charge is 0.316 e. The molecule has 2 heteroatoms. The molecule has 2 aliphatic rings. The topological polar surface area (TPSA) is 15.3 Å². The van der Waals surface area contributed by atoms with E-state index >= 15 is 0 Å². The number of piperidine rings is 1. The fourth-order valence-corrected chi connectivity index (χ4v) is 2.22. The van der Waals surface area contributed by atoms with Crippen molar-refractivity contribution in [2.24, 2.45) is 11.8 Å². The zero-order chi connectivity index (χ0) is 10.4. The van der Waals surface area contributed by atoms with E-state index < -0.39 is 0 Å². The molecule has 2 fully saturated rings. The van der Waals surface area contributed by atoms with E-state index in [2.05, 4.69) is 31.1 Å². The van der Waals surface area contributed by atoms with Crippen molar-refractivity contribution in [2.75, 3.05) is 33.2 Å². The van der Waals surface area contributed by atoms with Crippen LogP contribution in [0, 0.1) is 11.8 Å². The number of hydrogen-bond donors (Lipinski definition) is 1. The van der Waals surface area contributed by atoms with Gasteiger partial charge in [-0.05, 0) is 44.9 Å². The SMILES string of the molecule is CCCC.CN1CCC2CNCC2C1. The molecule has 2 atom stereocenters. The average Bonchev–Trinajstić information content (AvgIpc) is 2.65. The van der Waals surface area contributed by atoms with Gasteiger partial charge >= 0.3 is 0 Å². The van der Waals surface area contributed by atoms with Crippen molar-refractivity contribution >= 4 is 0 Å². The highest BCUT2D eigenvalue weighted by molar-refractivity contribution is 4.86. The molecule has 0 aromatic carbocycles. The van der Waals surface area contributed by atoms with Crippen LogP contribution in [0.4, 0.5) is 0 Å². The highest BCUT2D eigenvalue weighted by Crippen LogP contribution is 2.25. The summed E-state index contributed by atoms with van der Waals surface area (Å²) < 4.78 is 0. The molecule has 2 heterocycles. The summed E-state index contributed by atoms with van der Waals surface area (Å²) in [5.41, 5.74) is 0. The first-order valence-electron chi connectivity index (χ1n) is 6.17. The predicted molar refractivity (Wildman–Crippen MR) is 62.5 cm³/mol. The van der Waals surface area contributed by atoms with E-state index in [9.17, 15) is 0 Å². The summed E-state index contributed by atoms with van der Waals surface area (Å²) >= 11 is 0. The van der Waals surface area contributed by atoms with Crippen LogP contribution in [-0.4, -0.2) is 38.1 Å². The molecule has 2 unspecified atom stereocenters. The van der Waals surface area contributed by atoms with Gasteiger partial charge in [0.15, 0.2) is 0 Å². The molecular weight excluding hydrogens is 172 g/mol. The van der Waals surface area contributed by atoms with Crippen LogP contribution in [0.25, 0.3) is 0 Å². The number of nitrogens with one attached hydrogen (secondary N) is 1. The quantitative estimate of drug-likeness (QED) is 0.693. The van der Waals surface area contributed by atoms with E-state index in [1.807, 2.05) is 0 Å². The van der Waals surface area contributed by atoms with Gasteiger partial charge in [0.1, 0.15) is 0 Å². The standard InChI is InChI=1S/C8H16N2.C4H10/c1-10-3-2-7-4-9-5-8(7)6-10;1-3-4-2/h7-9H,2-6H2,1H3;3-4H2,1-2H3. The van der Waals surface area contributed by atoms with Gasteiger partial charge in [-0.25, -0.2) is 0 Å². The van der Waals surface area contributed by atoms with Gasteiger partial charge in [0.25, 0.3) is 0 Å². The molecule has 1 N–H and O–H groups in total. The van der Waals surface area contributed by atoms with Crippen LogP contribution in [0.3, 0.4) is 0 Å². The molecular formula is C12H26N2. The Kier molecular flexibility index (Phi) is 5.49. The van der Waals surface area contributed by atoms with Crippen molar-refractivity contribution in [2.45, 2.75) is 33.1 Å². The zero-order valence-electron chi connectivity index (χ0n) is 10.1. The van der Waals surface area contributed by atoms with Crippen LogP contribution in [-0.2, 0) is 0 Å². The number of likely N-dealkylation sites (tertiary alicyclic amines) is 1. The number of rotatable bonds is 1. The van der Waals surface area contributed by atoms with Gasteiger partial charge < -0.3 is 10.2 Å². The van der Waals surface area contributed by atoms with Crippen molar-refractivity contribution < 1.29 is 0 Å². The number of nitrogens with zero attached hydrogens (tertiary/aromatic N) is 1. The van der Waals surface area contributed by atoms with Crippen LogP contribution in [0.15, 0.2) is 0 Å². The first kappa shape index (κ1) is 12.0. The summed E-state index contributed by atoms with van der Waals surface area (Å²) in [4.78, 5) is 2.45. The second-order valence-corrected chi connectivity index (χ2v) is 4.73. The molecule has 14 heavy (non-hydrogen) atoms. The first-order valence-corrected chi connectivity index (χ1v) is 6.17. The van der Waals surface area contributed by atoms with Crippen LogP contribution >= 0.6 is 0 Å². The maximum atomic E-state index is 3.46. The lowest BCUT2D eigenvalue weighted by molar-refractivity contribution is 0.178. The molecule has 0 aromatic heterocycles. The maximum absolute atomic E-state index is 3.46. The van der Waals surface area contributed by atoms with Crippen molar-refractivity contribution in [1.29, 1.82) is 0 Å². The molecule has 2 saturated heterocycles. The second-order valence-electron chi connectivity index (χ2n) is 4.73. The molecule has 0 radical (unpaired) electrons. The Morgan fingerprint density at radius 3 is 2.43 bits per heavy atom. The number of fused-ring (bicyclic) bond motifs is 1. The third kappa shape index (κ3) is 3.58. The second kappa shape index (κ2) is 6.41. The predicted octanol–water partition coefficient (Wildman–Crippen LogP) is 1.96. The van der Waals surface area contributed by atoms with Gasteiger partial charge in [0, 0.05) is 6.54 Å². The minimum atomic E-state index is 0.957. The molecule has 2 nitrogen and oxygen atoms in total. The minimum absolute atomic E-state index is 0.957. The highest BCUT2D eigenvalue weighted by Gasteiger charge is 2.30. The molecule has 0 aliphatic carbocycles. The lowest BCUT2D eigenvalue weighted by atomic mass is 9.89. The van der Waals surface area contributed by atoms with Crippen molar-refractivity contribution in [3.8, 4) is 0 Å². The van der Waals surface area contributed by atoms with Gasteiger partial charge in [-0.15, -0.1) is 0 Å². The van der Waals surface area contributed by atoms with Crippen LogP contribution in [0.5, 0.6) is 0 Å². The third-order valence-electron chi connectivity index (χ3n) is 3.41. The maximum Gasteiger partial charge on any atom is 0.00219 e. The smallest absolute Gasteiger partial charge is 0.00219 e. The molecule has 0 bridgehead atoms. The van der Waals surface area contributed by atoms with Crippen LogP contribution in [0.1, 0.15) is 33.1 Å². The van der Waals surface area contributed by atoms with Gasteiger partial charge in [0.05, 0.1) is 0 Å². The summed E-state index contributed by atoms with van der Waals surface area (Å²) in [6.45, 7) is 9.52. The molecule has 84 valence electrons. The summed E-state index contributed by atoms with van der Waals surface area (Å²) in [6, 6.07) is 0. The van der Waals surface area contributed by atoms with E-state index in [1.54, 1.807) is 0 Å². The molecule has 0 amide bonds. The average molecular weight is 198 g/mol.